The molecule has 1 aliphatic rings. The van der Waals surface area contributed by atoms with Gasteiger partial charge >= 0.3 is 0 Å². The van der Waals surface area contributed by atoms with E-state index in [0.717, 1.165) is 19.3 Å². The Morgan fingerprint density at radius 2 is 2.04 bits per heavy atom. The molecule has 1 aromatic carbocycles. The van der Waals surface area contributed by atoms with Gasteiger partial charge in [-0.2, -0.15) is 0 Å². The summed E-state index contributed by atoms with van der Waals surface area (Å²) in [5.74, 6) is -0.171. The summed E-state index contributed by atoms with van der Waals surface area (Å²) in [6.07, 6.45) is 5.99. The van der Waals surface area contributed by atoms with Gasteiger partial charge in [-0.05, 0) is 52.9 Å². The number of carbonyl (C=O) groups is 1. The number of phenolic OH excluding ortho intramolecular Hbond substituents is 2. The van der Waals surface area contributed by atoms with Gasteiger partial charge in [0.25, 0.3) is 0 Å². The van der Waals surface area contributed by atoms with E-state index in [0.29, 0.717) is 24.2 Å². The van der Waals surface area contributed by atoms with E-state index in [2.05, 4.69) is 19.9 Å². The van der Waals surface area contributed by atoms with E-state index < -0.39 is 5.60 Å². The molecule has 2 atom stereocenters. The van der Waals surface area contributed by atoms with Gasteiger partial charge in [-0.3, -0.25) is 4.79 Å². The van der Waals surface area contributed by atoms with Gasteiger partial charge in [0.05, 0.1) is 0 Å². The van der Waals surface area contributed by atoms with E-state index in [1.165, 1.54) is 11.6 Å². The number of phenols is 2. The molecule has 0 amide bonds. The highest BCUT2D eigenvalue weighted by Gasteiger charge is 2.36. The van der Waals surface area contributed by atoms with Crippen molar-refractivity contribution in [3.05, 3.63) is 28.8 Å². The first-order valence-corrected chi connectivity index (χ1v) is 9.13. The largest absolute Gasteiger partial charge is 0.507 e. The van der Waals surface area contributed by atoms with Crippen LogP contribution in [0.1, 0.15) is 76.2 Å². The molecule has 4 heteroatoms. The monoisotopic (exact) mass is 346 g/mol. The van der Waals surface area contributed by atoms with Crippen molar-refractivity contribution in [3.8, 4) is 17.2 Å². The molecule has 2 N–H and O–H groups in total. The molecule has 138 valence electrons. The maximum Gasteiger partial charge on any atom is 0.173 e. The molecule has 0 radical (unpaired) electrons. The summed E-state index contributed by atoms with van der Waals surface area (Å²) >= 11 is 0. The molecule has 0 bridgehead atoms. The molecule has 2 rings (SSSR count). The predicted molar refractivity (Wildman–Crippen MR) is 99.6 cm³/mol. The van der Waals surface area contributed by atoms with Crippen molar-refractivity contribution < 1.29 is 19.7 Å². The Balaban J connectivity index is 2.41. The fourth-order valence-corrected chi connectivity index (χ4v) is 3.23. The van der Waals surface area contributed by atoms with Gasteiger partial charge < -0.3 is 14.9 Å². The average molecular weight is 346 g/mol. The highest BCUT2D eigenvalue weighted by atomic mass is 16.5. The lowest BCUT2D eigenvalue weighted by Gasteiger charge is -2.37. The SMILES string of the molecule is CC[C@@H](C)C(=O)c1c(O)cc(O)c2c1O[C@](C)(CCC=C(C)C)CC2. The van der Waals surface area contributed by atoms with Crippen LogP contribution in [0.3, 0.4) is 0 Å². The minimum Gasteiger partial charge on any atom is -0.507 e. The summed E-state index contributed by atoms with van der Waals surface area (Å²) in [5, 5.41) is 20.5. The standard InChI is InChI=1S/C21H30O4/c1-6-14(4)19(24)18-17(23)12-16(22)15-9-11-21(5,25-20(15)18)10-7-8-13(2)3/h8,12,14,22-23H,6-7,9-11H2,1-5H3/t14-,21-/m1/s1. The van der Waals surface area contributed by atoms with Crippen LogP contribution in [0.25, 0.3) is 0 Å². The number of benzene rings is 1. The Labute approximate surface area is 150 Å². The zero-order chi connectivity index (χ0) is 18.8. The third-order valence-electron chi connectivity index (χ3n) is 5.12. The van der Waals surface area contributed by atoms with Gasteiger partial charge in [0, 0.05) is 17.5 Å². The van der Waals surface area contributed by atoms with Crippen LogP contribution < -0.4 is 4.74 Å². The molecular weight excluding hydrogens is 316 g/mol. The minimum atomic E-state index is -0.413. The molecule has 1 aromatic rings. The highest BCUT2D eigenvalue weighted by molar-refractivity contribution is 6.03. The molecule has 0 fully saturated rings. The number of ether oxygens (including phenoxy) is 1. The van der Waals surface area contributed by atoms with Crippen molar-refractivity contribution in [1.29, 1.82) is 0 Å². The summed E-state index contributed by atoms with van der Waals surface area (Å²) < 4.78 is 6.24. The van der Waals surface area contributed by atoms with E-state index in [1.54, 1.807) is 0 Å². The summed E-state index contributed by atoms with van der Waals surface area (Å²) in [5.41, 5.74) is 1.70. The van der Waals surface area contributed by atoms with Crippen LogP contribution in [0.4, 0.5) is 0 Å². The summed E-state index contributed by atoms with van der Waals surface area (Å²) in [6.45, 7) is 9.96. The molecule has 1 aliphatic heterocycles. The maximum absolute atomic E-state index is 12.8. The normalized spacial score (nSPS) is 20.4. The number of carbonyl (C=O) groups excluding carboxylic acids is 1. The lowest BCUT2D eigenvalue weighted by atomic mass is 9.85. The molecular formula is C21H30O4. The van der Waals surface area contributed by atoms with Crippen LogP contribution in [0, 0.1) is 5.92 Å². The number of allylic oxidation sites excluding steroid dienone is 2. The highest BCUT2D eigenvalue weighted by Crippen LogP contribution is 2.46. The molecule has 0 unspecified atom stereocenters. The second-order valence-electron chi connectivity index (χ2n) is 7.64. The van der Waals surface area contributed by atoms with Gasteiger partial charge in [-0.1, -0.05) is 25.5 Å². The van der Waals surface area contributed by atoms with Crippen molar-refractivity contribution in [1.82, 2.24) is 0 Å². The summed E-state index contributed by atoms with van der Waals surface area (Å²) in [6, 6.07) is 1.27. The van der Waals surface area contributed by atoms with Crippen molar-refractivity contribution in [3.63, 3.8) is 0 Å². The van der Waals surface area contributed by atoms with Gasteiger partial charge in [0.15, 0.2) is 5.78 Å². The maximum atomic E-state index is 12.8. The minimum absolute atomic E-state index is 0.000417. The second kappa shape index (κ2) is 7.51. The molecule has 0 saturated carbocycles. The van der Waals surface area contributed by atoms with Gasteiger partial charge in [0.1, 0.15) is 28.4 Å². The Morgan fingerprint density at radius 3 is 2.64 bits per heavy atom. The van der Waals surface area contributed by atoms with Gasteiger partial charge in [-0.15, -0.1) is 0 Å². The first kappa shape index (κ1) is 19.4. The van der Waals surface area contributed by atoms with Crippen molar-refractivity contribution in [2.24, 2.45) is 5.92 Å². The lowest BCUT2D eigenvalue weighted by molar-refractivity contribution is 0.0539. The van der Waals surface area contributed by atoms with E-state index in [1.807, 2.05) is 20.8 Å². The Morgan fingerprint density at radius 1 is 1.36 bits per heavy atom. The summed E-state index contributed by atoms with van der Waals surface area (Å²) in [7, 11) is 0. The zero-order valence-corrected chi connectivity index (χ0v) is 16.0. The molecule has 1 heterocycles. The molecule has 0 aromatic heterocycles. The number of ketones is 1. The van der Waals surface area contributed by atoms with Gasteiger partial charge in [-0.25, -0.2) is 0 Å². The van der Waals surface area contributed by atoms with Crippen LogP contribution in [0.5, 0.6) is 17.2 Å². The Hall–Kier alpha value is -1.97. The number of aromatic hydroxyl groups is 2. The average Bonchev–Trinajstić information content (AvgIpc) is 2.52. The first-order valence-electron chi connectivity index (χ1n) is 9.13. The Kier molecular flexibility index (Phi) is 5.81. The number of fused-ring (bicyclic) bond motifs is 1. The third-order valence-corrected chi connectivity index (χ3v) is 5.12. The molecule has 0 saturated heterocycles. The predicted octanol–water partition coefficient (Wildman–Crippen LogP) is 5.16. The van der Waals surface area contributed by atoms with E-state index in [9.17, 15) is 15.0 Å². The molecule has 0 aliphatic carbocycles. The van der Waals surface area contributed by atoms with Crippen molar-refractivity contribution >= 4 is 5.78 Å². The van der Waals surface area contributed by atoms with Crippen molar-refractivity contribution in [2.45, 2.75) is 72.3 Å². The van der Waals surface area contributed by atoms with Crippen LogP contribution in [0.2, 0.25) is 0 Å². The zero-order valence-electron chi connectivity index (χ0n) is 16.0. The smallest absolute Gasteiger partial charge is 0.173 e. The lowest BCUT2D eigenvalue weighted by Crippen LogP contribution is -2.37. The summed E-state index contributed by atoms with van der Waals surface area (Å²) in [4.78, 5) is 12.8. The fraction of sp³-hybridized carbons (Fsp3) is 0.571. The quantitative estimate of drug-likeness (QED) is 0.552. The molecule has 25 heavy (non-hydrogen) atoms. The first-order chi connectivity index (χ1) is 11.7. The topological polar surface area (TPSA) is 66.8 Å². The number of rotatable bonds is 6. The number of hydrogen-bond acceptors (Lipinski definition) is 4. The van der Waals surface area contributed by atoms with Crippen LogP contribution >= 0.6 is 0 Å². The van der Waals surface area contributed by atoms with Crippen LogP contribution in [-0.4, -0.2) is 21.6 Å². The van der Waals surface area contributed by atoms with Crippen molar-refractivity contribution in [2.75, 3.05) is 0 Å². The van der Waals surface area contributed by atoms with Crippen LogP contribution in [0.15, 0.2) is 17.7 Å². The number of Topliss-reactive ketones (excluding diaryl/α,β-unsaturated/α-hetero) is 1. The Bertz CT molecular complexity index is 686. The van der Waals surface area contributed by atoms with E-state index >= 15 is 0 Å². The molecule has 4 nitrogen and oxygen atoms in total. The second-order valence-corrected chi connectivity index (χ2v) is 7.64. The van der Waals surface area contributed by atoms with Gasteiger partial charge in [0.2, 0.25) is 0 Å². The fourth-order valence-electron chi connectivity index (χ4n) is 3.23. The third kappa shape index (κ3) is 4.17. The van der Waals surface area contributed by atoms with E-state index in [-0.39, 0.29) is 28.8 Å². The van der Waals surface area contributed by atoms with E-state index in [4.69, 9.17) is 4.74 Å². The number of hydrogen-bond donors (Lipinski definition) is 2. The molecule has 0 spiro atoms. The van der Waals surface area contributed by atoms with Crippen LogP contribution in [-0.2, 0) is 6.42 Å².